The van der Waals surface area contributed by atoms with Gasteiger partial charge in [0, 0.05) is 6.07 Å². The molecule has 0 amide bonds. The van der Waals surface area contributed by atoms with Crippen LogP contribution in [0.5, 0.6) is 5.75 Å². The lowest BCUT2D eigenvalue weighted by molar-refractivity contribution is 0.102. The Morgan fingerprint density at radius 1 is 1.08 bits per heavy atom. The molecule has 0 radical (unpaired) electrons. The van der Waals surface area contributed by atoms with Gasteiger partial charge in [-0.1, -0.05) is 30.3 Å². The minimum Gasteiger partial charge on any atom is -0.486 e. The Kier molecular flexibility index (Phi) is 4.53. The maximum absolute atomic E-state index is 13.8. The molecule has 3 rings (SSSR count). The molecule has 0 aliphatic carbocycles. The minimum absolute atomic E-state index is 0.320. The van der Waals surface area contributed by atoms with Crippen LogP contribution < -0.4 is 4.74 Å². The van der Waals surface area contributed by atoms with Crippen molar-refractivity contribution in [2.75, 3.05) is 0 Å². The van der Waals surface area contributed by atoms with E-state index in [1.807, 2.05) is 51.1 Å². The van der Waals surface area contributed by atoms with Crippen LogP contribution in [0, 0.1) is 5.82 Å². The van der Waals surface area contributed by atoms with Crippen LogP contribution in [0.15, 0.2) is 42.5 Å². The Balaban J connectivity index is 1.76. The fourth-order valence-corrected chi connectivity index (χ4v) is 2.42. The maximum Gasteiger partial charge on any atom is 0.150 e. The Bertz CT molecular complexity index is 822. The molecular formula is C19H21FN2O2. The summed E-state index contributed by atoms with van der Waals surface area (Å²) in [5.41, 5.74) is 1.89. The van der Waals surface area contributed by atoms with Gasteiger partial charge in [0.1, 0.15) is 29.4 Å². The third kappa shape index (κ3) is 4.11. The number of benzene rings is 2. The molecule has 0 unspecified atom stereocenters. The number of nitrogens with zero attached hydrogens (tertiary/aromatic N) is 1. The summed E-state index contributed by atoms with van der Waals surface area (Å²) < 4.78 is 25.3. The number of aromatic amines is 1. The number of halogens is 1. The van der Waals surface area contributed by atoms with Crippen molar-refractivity contribution in [3.8, 4) is 5.75 Å². The van der Waals surface area contributed by atoms with E-state index in [0.717, 1.165) is 5.56 Å². The molecule has 0 saturated heterocycles. The molecule has 126 valence electrons. The molecule has 1 aromatic heterocycles. The van der Waals surface area contributed by atoms with Crippen molar-refractivity contribution in [3.05, 3.63) is 59.7 Å². The van der Waals surface area contributed by atoms with Crippen LogP contribution in [-0.4, -0.2) is 15.6 Å². The molecule has 0 aliphatic heterocycles. The van der Waals surface area contributed by atoms with E-state index in [1.54, 1.807) is 0 Å². The molecule has 0 saturated carbocycles. The third-order valence-corrected chi connectivity index (χ3v) is 3.33. The van der Waals surface area contributed by atoms with Crippen molar-refractivity contribution in [2.24, 2.45) is 0 Å². The zero-order valence-corrected chi connectivity index (χ0v) is 14.1. The van der Waals surface area contributed by atoms with Gasteiger partial charge in [-0.3, -0.25) is 0 Å². The highest BCUT2D eigenvalue weighted by Crippen LogP contribution is 2.28. The predicted octanol–water partition coefficient (Wildman–Crippen LogP) is 4.60. The first-order valence-electron chi connectivity index (χ1n) is 7.89. The van der Waals surface area contributed by atoms with Gasteiger partial charge in [-0.05, 0) is 32.4 Å². The van der Waals surface area contributed by atoms with Crippen LogP contribution in [0.4, 0.5) is 4.39 Å². The number of fused-ring (bicyclic) bond motifs is 1. The molecule has 0 spiro atoms. The molecule has 0 atom stereocenters. The molecule has 2 aromatic carbocycles. The molecule has 0 bridgehead atoms. The second-order valence-corrected chi connectivity index (χ2v) is 6.68. The number of H-pyrrole nitrogens is 1. The maximum atomic E-state index is 13.8. The van der Waals surface area contributed by atoms with E-state index in [-0.39, 0.29) is 5.82 Å². The number of imidazole rings is 1. The van der Waals surface area contributed by atoms with E-state index >= 15 is 0 Å². The zero-order chi connectivity index (χ0) is 17.2. The van der Waals surface area contributed by atoms with Gasteiger partial charge in [0.25, 0.3) is 0 Å². The third-order valence-electron chi connectivity index (χ3n) is 3.33. The van der Waals surface area contributed by atoms with Gasteiger partial charge in [-0.25, -0.2) is 9.37 Å². The number of ether oxygens (including phenoxy) is 2. The summed E-state index contributed by atoms with van der Waals surface area (Å²) in [5, 5.41) is 0. The largest absolute Gasteiger partial charge is 0.486 e. The second kappa shape index (κ2) is 6.61. The standard InChI is InChI=1S/C19H21FN2O2/c1-19(2,3)24-16-10-14(20)9-15-18(16)22-17(21-15)12-23-11-13-7-5-4-6-8-13/h4-10H,11-12H2,1-3H3,(H,21,22). The second-order valence-electron chi connectivity index (χ2n) is 6.68. The van der Waals surface area contributed by atoms with Crippen molar-refractivity contribution < 1.29 is 13.9 Å². The van der Waals surface area contributed by atoms with E-state index in [2.05, 4.69) is 9.97 Å². The first-order valence-corrected chi connectivity index (χ1v) is 7.89. The highest BCUT2D eigenvalue weighted by molar-refractivity contribution is 5.82. The first-order chi connectivity index (χ1) is 11.4. The highest BCUT2D eigenvalue weighted by Gasteiger charge is 2.17. The normalized spacial score (nSPS) is 11.8. The Morgan fingerprint density at radius 3 is 2.54 bits per heavy atom. The van der Waals surface area contributed by atoms with E-state index in [4.69, 9.17) is 9.47 Å². The van der Waals surface area contributed by atoms with Crippen molar-refractivity contribution in [1.29, 1.82) is 0 Å². The molecule has 1 heterocycles. The first kappa shape index (κ1) is 16.5. The lowest BCUT2D eigenvalue weighted by Gasteiger charge is -2.21. The van der Waals surface area contributed by atoms with Gasteiger partial charge < -0.3 is 14.5 Å². The van der Waals surface area contributed by atoms with Gasteiger partial charge in [-0.2, -0.15) is 0 Å². The molecule has 1 N–H and O–H groups in total. The number of hydrogen-bond acceptors (Lipinski definition) is 3. The van der Waals surface area contributed by atoms with Crippen molar-refractivity contribution in [1.82, 2.24) is 9.97 Å². The minimum atomic E-state index is -0.427. The molecule has 4 nitrogen and oxygen atoms in total. The summed E-state index contributed by atoms with van der Waals surface area (Å²) in [4.78, 5) is 7.59. The van der Waals surface area contributed by atoms with Crippen LogP contribution in [0.2, 0.25) is 0 Å². The van der Waals surface area contributed by atoms with E-state index in [1.165, 1.54) is 12.1 Å². The Hall–Kier alpha value is -2.40. The van der Waals surface area contributed by atoms with Crippen molar-refractivity contribution in [2.45, 2.75) is 39.6 Å². The molecule has 5 heteroatoms. The van der Waals surface area contributed by atoms with E-state index in [0.29, 0.717) is 35.8 Å². The number of hydrogen-bond donors (Lipinski definition) is 1. The molecule has 0 fully saturated rings. The average molecular weight is 328 g/mol. The van der Waals surface area contributed by atoms with Crippen LogP contribution >= 0.6 is 0 Å². The van der Waals surface area contributed by atoms with E-state index < -0.39 is 5.60 Å². The molecule has 3 aromatic rings. The molecule has 0 aliphatic rings. The summed E-state index contributed by atoms with van der Waals surface area (Å²) in [5.74, 6) is 0.718. The summed E-state index contributed by atoms with van der Waals surface area (Å²) in [6.07, 6.45) is 0. The van der Waals surface area contributed by atoms with Gasteiger partial charge >= 0.3 is 0 Å². The number of rotatable bonds is 5. The lowest BCUT2D eigenvalue weighted by Crippen LogP contribution is -2.23. The van der Waals surface area contributed by atoms with Gasteiger partial charge in [0.2, 0.25) is 0 Å². The van der Waals surface area contributed by atoms with Crippen LogP contribution in [0.25, 0.3) is 11.0 Å². The fourth-order valence-electron chi connectivity index (χ4n) is 2.42. The van der Waals surface area contributed by atoms with Crippen LogP contribution in [0.1, 0.15) is 32.2 Å². The highest BCUT2D eigenvalue weighted by atomic mass is 19.1. The summed E-state index contributed by atoms with van der Waals surface area (Å²) >= 11 is 0. The summed E-state index contributed by atoms with van der Waals surface area (Å²) in [6, 6.07) is 12.7. The smallest absolute Gasteiger partial charge is 0.150 e. The van der Waals surface area contributed by atoms with Crippen molar-refractivity contribution >= 4 is 11.0 Å². The van der Waals surface area contributed by atoms with Gasteiger partial charge in [-0.15, -0.1) is 0 Å². The topological polar surface area (TPSA) is 47.1 Å². The molecular weight excluding hydrogens is 307 g/mol. The van der Waals surface area contributed by atoms with Gasteiger partial charge in [0.15, 0.2) is 5.75 Å². The predicted molar refractivity (Wildman–Crippen MR) is 91.4 cm³/mol. The van der Waals surface area contributed by atoms with Crippen molar-refractivity contribution in [3.63, 3.8) is 0 Å². The summed E-state index contributed by atoms with van der Waals surface area (Å²) in [6.45, 7) is 6.57. The fraction of sp³-hybridized carbons (Fsp3) is 0.316. The number of aromatic nitrogens is 2. The van der Waals surface area contributed by atoms with Gasteiger partial charge in [0.05, 0.1) is 12.1 Å². The monoisotopic (exact) mass is 328 g/mol. The van der Waals surface area contributed by atoms with E-state index in [9.17, 15) is 4.39 Å². The average Bonchev–Trinajstić information content (AvgIpc) is 2.89. The molecule has 24 heavy (non-hydrogen) atoms. The lowest BCUT2D eigenvalue weighted by atomic mass is 10.2. The Labute approximate surface area is 140 Å². The zero-order valence-electron chi connectivity index (χ0n) is 14.1. The Morgan fingerprint density at radius 2 is 1.83 bits per heavy atom. The number of nitrogens with one attached hydrogen (secondary N) is 1. The quantitative estimate of drug-likeness (QED) is 0.745. The SMILES string of the molecule is CC(C)(C)Oc1cc(F)cc2[nH]c(COCc3ccccc3)nc12. The van der Waals surface area contributed by atoms with Crippen LogP contribution in [0.3, 0.4) is 0 Å². The summed E-state index contributed by atoms with van der Waals surface area (Å²) in [7, 11) is 0. The van der Waals surface area contributed by atoms with Crippen LogP contribution in [-0.2, 0) is 18.0 Å².